The molecule has 294 valence electrons. The first-order valence-electron chi connectivity index (χ1n) is 20.1. The van der Waals surface area contributed by atoms with Crippen LogP contribution < -0.4 is 47.7 Å². The van der Waals surface area contributed by atoms with Crippen LogP contribution in [0.1, 0.15) is 0 Å². The summed E-state index contributed by atoms with van der Waals surface area (Å²) < 4.78 is 0. The molecule has 59 heavy (non-hydrogen) atoms. The number of halogens is 1. The molecule has 0 aromatic heterocycles. The van der Waals surface area contributed by atoms with E-state index >= 15 is 0 Å². The Kier molecular flexibility index (Phi) is 11.7. The summed E-state index contributed by atoms with van der Waals surface area (Å²) in [6.07, 6.45) is 0. The van der Waals surface area contributed by atoms with Gasteiger partial charge in [-0.25, -0.2) is 0 Å². The van der Waals surface area contributed by atoms with E-state index in [1.165, 1.54) is 47.7 Å². The van der Waals surface area contributed by atoms with Gasteiger partial charge in [-0.1, -0.05) is 0 Å². The van der Waals surface area contributed by atoms with Crippen molar-refractivity contribution in [3.05, 3.63) is 273 Å². The van der Waals surface area contributed by atoms with Crippen molar-refractivity contribution in [2.24, 2.45) is 0 Å². The van der Waals surface area contributed by atoms with Gasteiger partial charge in [0.25, 0.3) is 0 Å². The molecule has 0 unspecified atom stereocenters. The normalized spacial score (nSPS) is 14.3. The minimum atomic E-state index is -4.50. The number of hydrogen-bond acceptors (Lipinski definition) is 0. The molecule has 0 spiro atoms. The van der Waals surface area contributed by atoms with Crippen molar-refractivity contribution >= 4 is 74.2 Å². The molecule has 9 aromatic rings. The topological polar surface area (TPSA) is 0 Å². The van der Waals surface area contributed by atoms with Gasteiger partial charge >= 0.3 is 360 Å². The second kappa shape index (κ2) is 17.4. The first-order chi connectivity index (χ1) is 29.2. The molecular formula is C54H48ClP3Ru. The van der Waals surface area contributed by atoms with Crippen LogP contribution in [0.15, 0.2) is 273 Å². The van der Waals surface area contributed by atoms with E-state index in [1.54, 1.807) is 0 Å². The van der Waals surface area contributed by atoms with E-state index in [2.05, 4.69) is 273 Å². The first kappa shape index (κ1) is 39.6. The SMILES string of the molecule is [Cl][Ru]([PH](c1ccccc1)(c1ccccc1)c1ccccc1)([PH](c1ccccc1)(c1ccccc1)c1ccccc1)[PH](c1ccccc1)(c1ccccc1)c1ccccc1. The van der Waals surface area contributed by atoms with E-state index in [0.717, 1.165) is 0 Å². The molecular weight excluding hydrogens is 878 g/mol. The molecule has 0 amide bonds. The zero-order chi connectivity index (χ0) is 40.0. The van der Waals surface area contributed by atoms with Crippen molar-refractivity contribution < 1.29 is 12.3 Å². The Bertz CT molecular complexity index is 2100. The van der Waals surface area contributed by atoms with Crippen LogP contribution >= 0.6 is 26.5 Å². The third-order valence-electron chi connectivity index (χ3n) is 11.6. The second-order valence-electron chi connectivity index (χ2n) is 14.7. The molecule has 0 nitrogen and oxygen atoms in total. The van der Waals surface area contributed by atoms with Gasteiger partial charge in [0.1, 0.15) is 0 Å². The second-order valence-corrected chi connectivity index (χ2v) is 59.8. The molecule has 0 aliphatic carbocycles. The van der Waals surface area contributed by atoms with Crippen molar-refractivity contribution in [3.8, 4) is 0 Å². The number of benzene rings is 9. The van der Waals surface area contributed by atoms with Gasteiger partial charge < -0.3 is 0 Å². The fourth-order valence-corrected chi connectivity index (χ4v) is 123. The standard InChI is InChI=1S/3C18H15P.ClH.Ru/c3*1-4-10-16(11-5-1)19(17-12-6-2-7-13-17)18-14-8-3-9-15-18;;/h3*1-15H;1H;/q;;;;-2/p+2. The van der Waals surface area contributed by atoms with Gasteiger partial charge in [-0.05, 0) is 0 Å². The monoisotopic (exact) mass is 926 g/mol. The van der Waals surface area contributed by atoms with E-state index in [0.29, 0.717) is 0 Å². The molecule has 0 aliphatic heterocycles. The Labute approximate surface area is 357 Å². The summed E-state index contributed by atoms with van der Waals surface area (Å²) in [7, 11) is 10.5. The maximum atomic E-state index is 10.5. The third-order valence-corrected chi connectivity index (χ3v) is 92.4. The van der Waals surface area contributed by atoms with E-state index < -0.39 is 29.1 Å². The van der Waals surface area contributed by atoms with E-state index in [9.17, 15) is 9.69 Å². The molecule has 0 saturated carbocycles. The molecule has 0 aliphatic rings. The van der Waals surface area contributed by atoms with Gasteiger partial charge in [0, 0.05) is 0 Å². The van der Waals surface area contributed by atoms with Crippen molar-refractivity contribution in [1.82, 2.24) is 0 Å². The molecule has 9 aromatic carbocycles. The average molecular weight is 926 g/mol. The zero-order valence-electron chi connectivity index (χ0n) is 32.7. The average Bonchev–Trinajstić information content (AvgIpc) is 3.33. The Hall–Kier alpha value is -4.82. The van der Waals surface area contributed by atoms with Gasteiger partial charge in [-0.2, -0.15) is 0 Å². The molecule has 0 bridgehead atoms. The quantitative estimate of drug-likeness (QED) is 0.0846. The summed E-state index contributed by atoms with van der Waals surface area (Å²) in [4.78, 5) is 0. The van der Waals surface area contributed by atoms with Crippen molar-refractivity contribution in [2.75, 3.05) is 0 Å². The molecule has 0 saturated heterocycles. The van der Waals surface area contributed by atoms with Crippen molar-refractivity contribution in [1.29, 1.82) is 0 Å². The van der Waals surface area contributed by atoms with Crippen molar-refractivity contribution in [2.45, 2.75) is 0 Å². The van der Waals surface area contributed by atoms with Crippen LogP contribution in [-0.4, -0.2) is 0 Å². The fourth-order valence-electron chi connectivity index (χ4n) is 9.34. The summed E-state index contributed by atoms with van der Waals surface area (Å²) >= 11 is -4.50. The summed E-state index contributed by atoms with van der Waals surface area (Å²) in [5, 5.41) is 12.2. The first-order valence-corrected chi connectivity index (χ1v) is 35.7. The summed E-state index contributed by atoms with van der Waals surface area (Å²) in [6.45, 7) is 0. The predicted octanol–water partition coefficient (Wildman–Crippen LogP) is 10.2. The van der Waals surface area contributed by atoms with E-state index in [1.807, 2.05) is 0 Å². The van der Waals surface area contributed by atoms with Crippen LogP contribution in [0.5, 0.6) is 0 Å². The van der Waals surface area contributed by atoms with Gasteiger partial charge in [0.05, 0.1) is 0 Å². The number of hydrogen-bond donors (Lipinski definition) is 0. The summed E-state index contributed by atoms with van der Waals surface area (Å²) in [5.74, 6) is 0. The van der Waals surface area contributed by atoms with Crippen LogP contribution in [-0.2, 0) is 12.3 Å². The van der Waals surface area contributed by atoms with Gasteiger partial charge in [-0.3, -0.25) is 0 Å². The van der Waals surface area contributed by atoms with Crippen molar-refractivity contribution in [3.63, 3.8) is 0 Å². The maximum absolute atomic E-state index is 10.5. The van der Waals surface area contributed by atoms with Gasteiger partial charge in [-0.15, -0.1) is 0 Å². The summed E-state index contributed by atoms with van der Waals surface area (Å²) in [6, 6.07) is 104. The van der Waals surface area contributed by atoms with Gasteiger partial charge in [0.2, 0.25) is 0 Å². The predicted molar refractivity (Wildman–Crippen MR) is 265 cm³/mol. The minimum absolute atomic E-state index is 1.36. The van der Waals surface area contributed by atoms with Crippen LogP contribution in [0.2, 0.25) is 0 Å². The van der Waals surface area contributed by atoms with E-state index in [4.69, 9.17) is 0 Å². The van der Waals surface area contributed by atoms with Crippen LogP contribution in [0.25, 0.3) is 0 Å². The summed E-state index contributed by atoms with van der Waals surface area (Å²) in [5.41, 5.74) is -10.5. The number of rotatable bonds is 12. The van der Waals surface area contributed by atoms with Crippen LogP contribution in [0.4, 0.5) is 0 Å². The Morgan fingerprint density at radius 1 is 0.186 bits per heavy atom. The molecule has 0 heterocycles. The molecule has 0 N–H and O–H groups in total. The third kappa shape index (κ3) is 6.35. The Morgan fingerprint density at radius 3 is 0.390 bits per heavy atom. The molecule has 9 rings (SSSR count). The molecule has 0 atom stereocenters. The molecule has 0 radical (unpaired) electrons. The zero-order valence-corrected chi connectivity index (χ0v) is 38.2. The fraction of sp³-hybridized carbons (Fsp3) is 0. The van der Waals surface area contributed by atoms with Crippen LogP contribution in [0, 0.1) is 0 Å². The molecule has 5 heteroatoms. The van der Waals surface area contributed by atoms with Gasteiger partial charge in [0.15, 0.2) is 0 Å². The Morgan fingerprint density at radius 2 is 0.288 bits per heavy atom. The van der Waals surface area contributed by atoms with E-state index in [-0.39, 0.29) is 0 Å². The Balaban J connectivity index is 1.71. The molecule has 0 fully saturated rings. The van der Waals surface area contributed by atoms with Crippen LogP contribution in [0.3, 0.4) is 0 Å².